The number of nitrogens with zero attached hydrogens (tertiary/aromatic N) is 2. The second kappa shape index (κ2) is 4.84. The Balaban J connectivity index is 1.90. The summed E-state index contributed by atoms with van der Waals surface area (Å²) in [6.45, 7) is 8.99. The molecule has 2 nitrogen and oxygen atoms in total. The van der Waals surface area contributed by atoms with E-state index in [1.165, 1.54) is 64.8 Å². The molecule has 0 radical (unpaired) electrons. The topological polar surface area (TPSA) is 6.48 Å². The van der Waals surface area contributed by atoms with E-state index in [2.05, 4.69) is 23.8 Å². The zero-order valence-electron chi connectivity index (χ0n) is 10.5. The van der Waals surface area contributed by atoms with Gasteiger partial charge in [0, 0.05) is 6.54 Å². The molecule has 0 saturated carbocycles. The van der Waals surface area contributed by atoms with E-state index in [-0.39, 0.29) is 0 Å². The Hall–Kier alpha value is -0.0800. The Bertz CT molecular complexity index is 193. The lowest BCUT2D eigenvalue weighted by Crippen LogP contribution is -2.48. The van der Waals surface area contributed by atoms with Gasteiger partial charge in [-0.1, -0.05) is 6.92 Å². The van der Waals surface area contributed by atoms with Crippen molar-refractivity contribution >= 4 is 0 Å². The standard InChI is InChI=1S/C13H26N2/c1-3-8-15-9-4-5-13(12-15)6-10-14(2)11-7-13/h3-12H2,1-2H3. The van der Waals surface area contributed by atoms with Gasteiger partial charge < -0.3 is 9.80 Å². The molecule has 2 heteroatoms. The molecule has 0 atom stereocenters. The molecule has 2 aliphatic rings. The predicted octanol–water partition coefficient (Wildman–Crippen LogP) is 2.20. The largest absolute Gasteiger partial charge is 0.306 e. The zero-order valence-corrected chi connectivity index (χ0v) is 10.5. The molecule has 0 aromatic heterocycles. The minimum absolute atomic E-state index is 0.694. The molecule has 2 fully saturated rings. The summed E-state index contributed by atoms with van der Waals surface area (Å²) < 4.78 is 0. The van der Waals surface area contributed by atoms with E-state index in [0.717, 1.165) is 0 Å². The summed E-state index contributed by atoms with van der Waals surface area (Å²) in [5.74, 6) is 0. The minimum atomic E-state index is 0.694. The molecule has 0 aliphatic carbocycles. The molecule has 0 unspecified atom stereocenters. The number of rotatable bonds is 2. The molecule has 2 rings (SSSR count). The van der Waals surface area contributed by atoms with Crippen molar-refractivity contribution in [2.75, 3.05) is 39.8 Å². The van der Waals surface area contributed by atoms with Gasteiger partial charge in [-0.05, 0) is 70.7 Å². The van der Waals surface area contributed by atoms with Crippen LogP contribution in [0.15, 0.2) is 0 Å². The average Bonchev–Trinajstić information content (AvgIpc) is 2.24. The van der Waals surface area contributed by atoms with Crippen LogP contribution in [-0.4, -0.2) is 49.6 Å². The molecule has 15 heavy (non-hydrogen) atoms. The number of hydrogen-bond donors (Lipinski definition) is 0. The SMILES string of the molecule is CCCN1CCCC2(CCN(C)CC2)C1. The molecule has 0 bridgehead atoms. The molecule has 1 spiro atoms. The van der Waals surface area contributed by atoms with Gasteiger partial charge in [-0.3, -0.25) is 0 Å². The third-order valence-electron chi connectivity index (χ3n) is 4.33. The summed E-state index contributed by atoms with van der Waals surface area (Å²) in [6, 6.07) is 0. The molecule has 0 amide bonds. The second-order valence-electron chi connectivity index (χ2n) is 5.68. The van der Waals surface area contributed by atoms with Crippen molar-refractivity contribution in [1.82, 2.24) is 9.80 Å². The third kappa shape index (κ3) is 2.73. The van der Waals surface area contributed by atoms with Crippen molar-refractivity contribution in [3.63, 3.8) is 0 Å². The quantitative estimate of drug-likeness (QED) is 0.689. The maximum atomic E-state index is 2.70. The van der Waals surface area contributed by atoms with Crippen molar-refractivity contribution in [3.8, 4) is 0 Å². The Morgan fingerprint density at radius 3 is 2.47 bits per heavy atom. The lowest BCUT2D eigenvalue weighted by atomic mass is 9.72. The van der Waals surface area contributed by atoms with Crippen LogP contribution in [0, 0.1) is 5.41 Å². The average molecular weight is 210 g/mol. The van der Waals surface area contributed by atoms with Crippen LogP contribution in [0.1, 0.15) is 39.0 Å². The molecule has 0 N–H and O–H groups in total. The van der Waals surface area contributed by atoms with Gasteiger partial charge in [-0.25, -0.2) is 0 Å². The van der Waals surface area contributed by atoms with Gasteiger partial charge in [0.25, 0.3) is 0 Å². The fourth-order valence-electron chi connectivity index (χ4n) is 3.32. The summed E-state index contributed by atoms with van der Waals surface area (Å²) in [6.07, 6.45) is 7.11. The van der Waals surface area contributed by atoms with Crippen molar-refractivity contribution in [2.45, 2.75) is 39.0 Å². The monoisotopic (exact) mass is 210 g/mol. The van der Waals surface area contributed by atoms with Gasteiger partial charge in [0.15, 0.2) is 0 Å². The molecule has 0 aromatic carbocycles. The van der Waals surface area contributed by atoms with Gasteiger partial charge in [-0.15, -0.1) is 0 Å². The molecule has 0 aromatic rings. The van der Waals surface area contributed by atoms with E-state index in [4.69, 9.17) is 0 Å². The van der Waals surface area contributed by atoms with E-state index >= 15 is 0 Å². The predicted molar refractivity (Wildman–Crippen MR) is 65.1 cm³/mol. The van der Waals surface area contributed by atoms with Crippen LogP contribution in [0.2, 0.25) is 0 Å². The normalized spacial score (nSPS) is 28.4. The van der Waals surface area contributed by atoms with Gasteiger partial charge in [0.2, 0.25) is 0 Å². The number of likely N-dealkylation sites (tertiary alicyclic amines) is 2. The summed E-state index contributed by atoms with van der Waals surface area (Å²) >= 11 is 0. The molecular formula is C13H26N2. The highest BCUT2D eigenvalue weighted by atomic mass is 15.2. The summed E-state index contributed by atoms with van der Waals surface area (Å²) in [7, 11) is 2.26. The smallest absolute Gasteiger partial charge is 0.00389 e. The number of piperidine rings is 2. The number of hydrogen-bond acceptors (Lipinski definition) is 2. The Labute approximate surface area is 94.6 Å². The highest BCUT2D eigenvalue weighted by Crippen LogP contribution is 2.39. The summed E-state index contributed by atoms with van der Waals surface area (Å²) in [5.41, 5.74) is 0.694. The van der Waals surface area contributed by atoms with Crippen molar-refractivity contribution in [2.24, 2.45) is 5.41 Å². The molecule has 2 heterocycles. The van der Waals surface area contributed by atoms with Crippen LogP contribution in [-0.2, 0) is 0 Å². The molecule has 2 aliphatic heterocycles. The zero-order chi connectivity index (χ0) is 10.7. The van der Waals surface area contributed by atoms with Crippen LogP contribution in [0.5, 0.6) is 0 Å². The van der Waals surface area contributed by atoms with Crippen molar-refractivity contribution in [1.29, 1.82) is 0 Å². The molecule has 2 saturated heterocycles. The lowest BCUT2D eigenvalue weighted by molar-refractivity contribution is 0.0312. The van der Waals surface area contributed by atoms with Crippen LogP contribution in [0.3, 0.4) is 0 Å². The fraction of sp³-hybridized carbons (Fsp3) is 1.00. The van der Waals surface area contributed by atoms with E-state index in [1.54, 1.807) is 0 Å². The van der Waals surface area contributed by atoms with Gasteiger partial charge in [0.05, 0.1) is 0 Å². The van der Waals surface area contributed by atoms with E-state index in [9.17, 15) is 0 Å². The van der Waals surface area contributed by atoms with Crippen LogP contribution in [0.4, 0.5) is 0 Å². The maximum Gasteiger partial charge on any atom is 0.00389 e. The summed E-state index contributed by atoms with van der Waals surface area (Å²) in [5, 5.41) is 0. The minimum Gasteiger partial charge on any atom is -0.306 e. The molecular weight excluding hydrogens is 184 g/mol. The Morgan fingerprint density at radius 2 is 1.80 bits per heavy atom. The van der Waals surface area contributed by atoms with Gasteiger partial charge in [-0.2, -0.15) is 0 Å². The fourth-order valence-corrected chi connectivity index (χ4v) is 3.32. The van der Waals surface area contributed by atoms with Gasteiger partial charge in [0.1, 0.15) is 0 Å². The van der Waals surface area contributed by atoms with E-state index in [1.807, 2.05) is 0 Å². The van der Waals surface area contributed by atoms with Crippen LogP contribution in [0.25, 0.3) is 0 Å². The van der Waals surface area contributed by atoms with Crippen molar-refractivity contribution < 1.29 is 0 Å². The first-order valence-corrected chi connectivity index (χ1v) is 6.65. The summed E-state index contributed by atoms with van der Waals surface area (Å²) in [4.78, 5) is 5.19. The lowest BCUT2D eigenvalue weighted by Gasteiger charge is -2.47. The Morgan fingerprint density at radius 1 is 1.07 bits per heavy atom. The second-order valence-corrected chi connectivity index (χ2v) is 5.68. The Kier molecular flexibility index (Phi) is 3.68. The van der Waals surface area contributed by atoms with Crippen LogP contribution >= 0.6 is 0 Å². The van der Waals surface area contributed by atoms with Crippen LogP contribution < -0.4 is 0 Å². The van der Waals surface area contributed by atoms with E-state index in [0.29, 0.717) is 5.41 Å². The first kappa shape index (κ1) is 11.4. The third-order valence-corrected chi connectivity index (χ3v) is 4.33. The maximum absolute atomic E-state index is 2.70. The molecule has 88 valence electrons. The first-order chi connectivity index (χ1) is 7.24. The highest BCUT2D eigenvalue weighted by molar-refractivity contribution is 4.90. The van der Waals surface area contributed by atoms with Crippen molar-refractivity contribution in [3.05, 3.63) is 0 Å². The highest BCUT2D eigenvalue weighted by Gasteiger charge is 2.37. The van der Waals surface area contributed by atoms with E-state index < -0.39 is 0 Å². The first-order valence-electron chi connectivity index (χ1n) is 6.65. The van der Waals surface area contributed by atoms with Gasteiger partial charge >= 0.3 is 0 Å².